The van der Waals surface area contributed by atoms with Gasteiger partial charge in [-0.05, 0) is 18.2 Å². The van der Waals surface area contributed by atoms with E-state index in [1.165, 1.54) is 19.2 Å². The van der Waals surface area contributed by atoms with Crippen LogP contribution in [0, 0.1) is 5.82 Å². The fourth-order valence-corrected chi connectivity index (χ4v) is 2.05. The Balaban J connectivity index is 2.11. The minimum Gasteiger partial charge on any atom is -0.493 e. The fraction of sp³-hybridized carbons (Fsp3) is 0.462. The second-order valence-corrected chi connectivity index (χ2v) is 4.44. The number of carbonyl (C=O) groups excluding carboxylic acids is 1. The van der Waals surface area contributed by atoms with Crippen LogP contribution in [0.4, 0.5) is 4.39 Å². The van der Waals surface area contributed by atoms with Gasteiger partial charge < -0.3 is 20.5 Å². The molecular weight excluding hydrogens is 251 g/mol. The second kappa shape index (κ2) is 5.99. The van der Waals surface area contributed by atoms with E-state index in [0.29, 0.717) is 24.3 Å². The van der Waals surface area contributed by atoms with Gasteiger partial charge in [0.15, 0.2) is 0 Å². The van der Waals surface area contributed by atoms with Crippen LogP contribution in [0.25, 0.3) is 0 Å². The van der Waals surface area contributed by atoms with Gasteiger partial charge in [0.2, 0.25) is 5.91 Å². The van der Waals surface area contributed by atoms with Crippen molar-refractivity contribution >= 4 is 5.91 Å². The zero-order valence-corrected chi connectivity index (χ0v) is 10.7. The van der Waals surface area contributed by atoms with Gasteiger partial charge in [-0.2, -0.15) is 0 Å². The van der Waals surface area contributed by atoms with Crippen molar-refractivity contribution in [3.8, 4) is 5.75 Å². The Morgan fingerprint density at radius 2 is 2.47 bits per heavy atom. The van der Waals surface area contributed by atoms with Crippen LogP contribution in [-0.2, 0) is 9.53 Å². The first-order valence-electron chi connectivity index (χ1n) is 6.09. The Hall–Kier alpha value is -1.66. The molecule has 2 rings (SSSR count). The zero-order chi connectivity index (χ0) is 13.8. The maximum Gasteiger partial charge on any atom is 0.239 e. The van der Waals surface area contributed by atoms with E-state index in [1.807, 2.05) is 0 Å². The Kier molecular flexibility index (Phi) is 4.34. The smallest absolute Gasteiger partial charge is 0.239 e. The summed E-state index contributed by atoms with van der Waals surface area (Å²) in [6.45, 7) is 0.619. The van der Waals surface area contributed by atoms with Gasteiger partial charge in [-0.3, -0.25) is 4.79 Å². The lowest BCUT2D eigenvalue weighted by molar-refractivity contribution is -0.124. The molecule has 0 radical (unpaired) electrons. The number of hydrogen-bond donors (Lipinski definition) is 2. The molecule has 2 unspecified atom stereocenters. The van der Waals surface area contributed by atoms with Gasteiger partial charge in [-0.25, -0.2) is 4.39 Å². The van der Waals surface area contributed by atoms with E-state index in [-0.39, 0.29) is 24.4 Å². The van der Waals surface area contributed by atoms with Crippen LogP contribution in [0.3, 0.4) is 0 Å². The summed E-state index contributed by atoms with van der Waals surface area (Å²) in [5.74, 6) is -0.0769. The minimum atomic E-state index is -0.732. The van der Waals surface area contributed by atoms with E-state index in [9.17, 15) is 9.18 Å². The molecular formula is C13H17FN2O3. The number of nitrogens with one attached hydrogen (secondary N) is 1. The summed E-state index contributed by atoms with van der Waals surface area (Å²) in [6, 6.07) is 3.26. The molecule has 0 saturated carbocycles. The van der Waals surface area contributed by atoms with E-state index >= 15 is 0 Å². The molecule has 1 heterocycles. The Labute approximate surface area is 110 Å². The Morgan fingerprint density at radius 1 is 1.68 bits per heavy atom. The van der Waals surface area contributed by atoms with Gasteiger partial charge in [0, 0.05) is 19.1 Å². The lowest BCUT2D eigenvalue weighted by Gasteiger charge is -2.27. The topological polar surface area (TPSA) is 73.6 Å². The van der Waals surface area contributed by atoms with Crippen molar-refractivity contribution in [2.45, 2.75) is 18.5 Å². The summed E-state index contributed by atoms with van der Waals surface area (Å²) >= 11 is 0. The van der Waals surface area contributed by atoms with Crippen molar-refractivity contribution in [1.82, 2.24) is 5.32 Å². The number of methoxy groups -OCH3 is 1. The molecule has 5 nitrogen and oxygen atoms in total. The predicted molar refractivity (Wildman–Crippen MR) is 67.2 cm³/mol. The highest BCUT2D eigenvalue weighted by Gasteiger charge is 2.25. The number of benzene rings is 1. The molecule has 0 spiro atoms. The second-order valence-electron chi connectivity index (χ2n) is 4.44. The lowest BCUT2D eigenvalue weighted by atomic mass is 10.00. The highest BCUT2D eigenvalue weighted by atomic mass is 19.1. The van der Waals surface area contributed by atoms with Crippen LogP contribution >= 0.6 is 0 Å². The van der Waals surface area contributed by atoms with Gasteiger partial charge in [0.1, 0.15) is 17.6 Å². The molecule has 1 amide bonds. The van der Waals surface area contributed by atoms with Crippen LogP contribution in [0.1, 0.15) is 18.0 Å². The lowest BCUT2D eigenvalue weighted by Crippen LogP contribution is -2.45. The van der Waals surface area contributed by atoms with Crippen LogP contribution in [0.15, 0.2) is 18.2 Å². The summed E-state index contributed by atoms with van der Waals surface area (Å²) in [5.41, 5.74) is 6.30. The average molecular weight is 268 g/mol. The Bertz CT molecular complexity index is 467. The molecule has 1 aromatic rings. The van der Waals surface area contributed by atoms with Crippen LogP contribution in [0.5, 0.6) is 5.75 Å². The number of carbonyl (C=O) groups is 1. The van der Waals surface area contributed by atoms with Crippen molar-refractivity contribution in [2.24, 2.45) is 5.73 Å². The number of hydrogen-bond acceptors (Lipinski definition) is 4. The first-order valence-corrected chi connectivity index (χ1v) is 6.09. The maximum absolute atomic E-state index is 13.3. The number of halogens is 1. The van der Waals surface area contributed by atoms with Crippen LogP contribution < -0.4 is 15.8 Å². The largest absolute Gasteiger partial charge is 0.493 e. The number of ether oxygens (including phenoxy) is 2. The Morgan fingerprint density at radius 3 is 3.21 bits per heavy atom. The van der Waals surface area contributed by atoms with E-state index in [2.05, 4.69) is 5.32 Å². The maximum atomic E-state index is 13.3. The van der Waals surface area contributed by atoms with Crippen LogP contribution in [0.2, 0.25) is 0 Å². The molecule has 104 valence electrons. The first kappa shape index (κ1) is 13.8. The van der Waals surface area contributed by atoms with Crippen molar-refractivity contribution in [3.05, 3.63) is 29.6 Å². The number of nitrogens with two attached hydrogens (primary N) is 1. The molecule has 1 aliphatic rings. The van der Waals surface area contributed by atoms with E-state index in [4.69, 9.17) is 15.2 Å². The summed E-state index contributed by atoms with van der Waals surface area (Å²) < 4.78 is 23.5. The standard InChI is InChI=1S/C13H17FN2O3/c1-18-7-10(15)13(17)16-11-4-5-19-12-3-2-8(14)6-9(11)12/h2-3,6,10-11H,4-5,7,15H2,1H3,(H,16,17). The molecule has 3 N–H and O–H groups in total. The predicted octanol–water partition coefficient (Wildman–Crippen LogP) is 0.739. The third-order valence-corrected chi connectivity index (χ3v) is 3.01. The van der Waals surface area contributed by atoms with E-state index in [1.54, 1.807) is 6.07 Å². The van der Waals surface area contributed by atoms with Gasteiger partial charge in [-0.15, -0.1) is 0 Å². The molecule has 0 saturated heterocycles. The molecule has 1 aromatic carbocycles. The summed E-state index contributed by atoms with van der Waals surface area (Å²) in [5, 5.41) is 2.80. The van der Waals surface area contributed by atoms with Gasteiger partial charge in [-0.1, -0.05) is 0 Å². The van der Waals surface area contributed by atoms with E-state index < -0.39 is 6.04 Å². The minimum absolute atomic E-state index is 0.144. The molecule has 0 aromatic heterocycles. The molecule has 2 atom stereocenters. The third-order valence-electron chi connectivity index (χ3n) is 3.01. The molecule has 0 bridgehead atoms. The van der Waals surface area contributed by atoms with E-state index in [0.717, 1.165) is 0 Å². The highest BCUT2D eigenvalue weighted by molar-refractivity contribution is 5.82. The molecule has 19 heavy (non-hydrogen) atoms. The van der Waals surface area contributed by atoms with Crippen molar-refractivity contribution in [1.29, 1.82) is 0 Å². The number of rotatable bonds is 4. The SMILES string of the molecule is COCC(N)C(=O)NC1CCOc2ccc(F)cc21. The summed E-state index contributed by atoms with van der Waals surface area (Å²) in [6.07, 6.45) is 0.585. The van der Waals surface area contributed by atoms with Gasteiger partial charge in [0.25, 0.3) is 0 Å². The summed E-state index contributed by atoms with van der Waals surface area (Å²) in [4.78, 5) is 11.8. The van der Waals surface area contributed by atoms with Crippen molar-refractivity contribution in [3.63, 3.8) is 0 Å². The molecule has 0 fully saturated rings. The highest BCUT2D eigenvalue weighted by Crippen LogP contribution is 2.32. The molecule has 0 aliphatic carbocycles. The van der Waals surface area contributed by atoms with Crippen LogP contribution in [-0.4, -0.2) is 32.3 Å². The number of amides is 1. The quantitative estimate of drug-likeness (QED) is 0.844. The monoisotopic (exact) mass is 268 g/mol. The third kappa shape index (κ3) is 3.21. The molecule has 6 heteroatoms. The number of fused-ring (bicyclic) bond motifs is 1. The van der Waals surface area contributed by atoms with Crippen molar-refractivity contribution < 1.29 is 18.7 Å². The zero-order valence-electron chi connectivity index (χ0n) is 10.7. The average Bonchev–Trinajstić information content (AvgIpc) is 2.39. The van der Waals surface area contributed by atoms with Gasteiger partial charge >= 0.3 is 0 Å². The van der Waals surface area contributed by atoms with Gasteiger partial charge in [0.05, 0.1) is 19.3 Å². The normalized spacial score (nSPS) is 19.2. The summed E-state index contributed by atoms with van der Waals surface area (Å²) in [7, 11) is 1.48. The van der Waals surface area contributed by atoms with Crippen molar-refractivity contribution in [2.75, 3.05) is 20.3 Å². The first-order chi connectivity index (χ1) is 9.11. The fourth-order valence-electron chi connectivity index (χ4n) is 2.05. The molecule has 1 aliphatic heterocycles.